The SMILES string of the molecule is O=C(NC1CCCCC1)[C@H](c1ccccc1Cl)N(Cc1cccs1)C(=O)c1cccs1. The van der Waals surface area contributed by atoms with E-state index in [1.165, 1.54) is 17.8 Å². The van der Waals surface area contributed by atoms with Crippen LogP contribution in [0.1, 0.15) is 58.3 Å². The molecule has 3 aromatic rings. The van der Waals surface area contributed by atoms with Crippen LogP contribution in [-0.4, -0.2) is 22.8 Å². The van der Waals surface area contributed by atoms with E-state index in [1.54, 1.807) is 28.4 Å². The highest BCUT2D eigenvalue weighted by Crippen LogP contribution is 2.32. The van der Waals surface area contributed by atoms with Crippen molar-refractivity contribution in [2.75, 3.05) is 0 Å². The van der Waals surface area contributed by atoms with E-state index in [0.717, 1.165) is 30.6 Å². The van der Waals surface area contributed by atoms with Gasteiger partial charge in [-0.1, -0.05) is 61.2 Å². The summed E-state index contributed by atoms with van der Waals surface area (Å²) in [4.78, 5) is 30.5. The minimum atomic E-state index is -0.799. The van der Waals surface area contributed by atoms with Crippen molar-refractivity contribution in [2.24, 2.45) is 0 Å². The third-order valence-corrected chi connectivity index (χ3v) is 7.67. The van der Waals surface area contributed by atoms with Crippen LogP contribution in [0.2, 0.25) is 5.02 Å². The van der Waals surface area contributed by atoms with Crippen LogP contribution >= 0.6 is 34.3 Å². The van der Waals surface area contributed by atoms with Crippen LogP contribution in [0.3, 0.4) is 0 Å². The Labute approximate surface area is 195 Å². The monoisotopic (exact) mass is 472 g/mol. The molecule has 1 aromatic carbocycles. The second-order valence-corrected chi connectivity index (χ2v) is 10.1. The van der Waals surface area contributed by atoms with Gasteiger partial charge in [0.15, 0.2) is 0 Å². The fourth-order valence-electron chi connectivity index (χ4n) is 4.07. The third-order valence-electron chi connectivity index (χ3n) is 5.61. The number of hydrogen-bond donors (Lipinski definition) is 1. The van der Waals surface area contributed by atoms with Gasteiger partial charge < -0.3 is 10.2 Å². The summed E-state index contributed by atoms with van der Waals surface area (Å²) < 4.78 is 0. The quantitative estimate of drug-likeness (QED) is 0.439. The molecule has 4 rings (SSSR count). The number of thiophene rings is 2. The molecule has 4 nitrogen and oxygen atoms in total. The molecule has 162 valence electrons. The largest absolute Gasteiger partial charge is 0.351 e. The maximum Gasteiger partial charge on any atom is 0.265 e. The summed E-state index contributed by atoms with van der Waals surface area (Å²) in [5.74, 6) is -0.325. The lowest BCUT2D eigenvalue weighted by molar-refractivity contribution is -0.127. The van der Waals surface area contributed by atoms with E-state index >= 15 is 0 Å². The number of nitrogens with one attached hydrogen (secondary N) is 1. The Morgan fingerprint density at radius 2 is 1.74 bits per heavy atom. The highest BCUT2D eigenvalue weighted by Gasteiger charge is 2.35. The molecule has 1 aliphatic carbocycles. The Morgan fingerprint density at radius 3 is 2.42 bits per heavy atom. The summed E-state index contributed by atoms with van der Waals surface area (Å²) in [6.45, 7) is 0.350. The number of halogens is 1. The summed E-state index contributed by atoms with van der Waals surface area (Å²) >= 11 is 9.51. The maximum atomic E-state index is 13.7. The Kier molecular flexibility index (Phi) is 7.43. The van der Waals surface area contributed by atoms with E-state index in [2.05, 4.69) is 5.32 Å². The van der Waals surface area contributed by atoms with Gasteiger partial charge in [0.1, 0.15) is 6.04 Å². The first-order chi connectivity index (χ1) is 15.1. The molecule has 0 saturated heterocycles. The van der Waals surface area contributed by atoms with Crippen LogP contribution in [0.5, 0.6) is 0 Å². The lowest BCUT2D eigenvalue weighted by atomic mass is 9.94. The summed E-state index contributed by atoms with van der Waals surface area (Å²) in [6, 6.07) is 14.3. The van der Waals surface area contributed by atoms with Gasteiger partial charge in [0.2, 0.25) is 5.91 Å². The van der Waals surface area contributed by atoms with Gasteiger partial charge in [-0.3, -0.25) is 9.59 Å². The first-order valence-electron chi connectivity index (χ1n) is 10.5. The molecule has 7 heteroatoms. The second-order valence-electron chi connectivity index (χ2n) is 7.76. The molecule has 31 heavy (non-hydrogen) atoms. The van der Waals surface area contributed by atoms with Crippen molar-refractivity contribution in [3.05, 3.63) is 79.6 Å². The average Bonchev–Trinajstić information content (AvgIpc) is 3.49. The van der Waals surface area contributed by atoms with E-state index in [-0.39, 0.29) is 17.9 Å². The van der Waals surface area contributed by atoms with Gasteiger partial charge in [-0.15, -0.1) is 22.7 Å². The fraction of sp³-hybridized carbons (Fsp3) is 0.333. The zero-order valence-electron chi connectivity index (χ0n) is 17.1. The Balaban J connectivity index is 1.72. The summed E-state index contributed by atoms with van der Waals surface area (Å²) in [6.07, 6.45) is 5.40. The molecule has 0 aliphatic heterocycles. The number of rotatable bonds is 7. The Hall–Kier alpha value is -2.15. The molecule has 2 amide bonds. The van der Waals surface area contributed by atoms with Gasteiger partial charge in [0.05, 0.1) is 11.4 Å². The highest BCUT2D eigenvalue weighted by atomic mass is 35.5. The number of carbonyl (C=O) groups excluding carboxylic acids is 2. The molecule has 1 atom stereocenters. The van der Waals surface area contributed by atoms with Crippen molar-refractivity contribution in [1.82, 2.24) is 10.2 Å². The van der Waals surface area contributed by atoms with Crippen molar-refractivity contribution in [2.45, 2.75) is 50.7 Å². The molecule has 1 saturated carbocycles. The van der Waals surface area contributed by atoms with Gasteiger partial charge in [-0.05, 0) is 41.8 Å². The van der Waals surface area contributed by atoms with Crippen LogP contribution in [0.15, 0.2) is 59.3 Å². The number of hydrogen-bond acceptors (Lipinski definition) is 4. The predicted octanol–water partition coefficient (Wildman–Crippen LogP) is 6.30. The first-order valence-corrected chi connectivity index (χ1v) is 12.7. The molecular weight excluding hydrogens is 448 g/mol. The molecular formula is C24H25ClN2O2S2. The van der Waals surface area contributed by atoms with Gasteiger partial charge in [0.25, 0.3) is 5.91 Å². The molecule has 1 N–H and O–H groups in total. The summed E-state index contributed by atoms with van der Waals surface area (Å²) in [5.41, 5.74) is 0.652. The molecule has 2 aromatic heterocycles. The lowest BCUT2D eigenvalue weighted by Gasteiger charge is -2.33. The molecule has 2 heterocycles. The zero-order valence-corrected chi connectivity index (χ0v) is 19.5. The van der Waals surface area contributed by atoms with Crippen LogP contribution in [0.25, 0.3) is 0 Å². The zero-order chi connectivity index (χ0) is 21.6. The molecule has 0 unspecified atom stereocenters. The minimum absolute atomic E-state index is 0.145. The number of nitrogens with zero attached hydrogens (tertiary/aromatic N) is 1. The van der Waals surface area contributed by atoms with Gasteiger partial charge in [0, 0.05) is 21.5 Å². The van der Waals surface area contributed by atoms with Gasteiger partial charge in [-0.25, -0.2) is 0 Å². The highest BCUT2D eigenvalue weighted by molar-refractivity contribution is 7.12. The Morgan fingerprint density at radius 1 is 1.00 bits per heavy atom. The second kappa shape index (κ2) is 10.4. The number of amides is 2. The predicted molar refractivity (Wildman–Crippen MR) is 128 cm³/mol. The normalized spacial score (nSPS) is 15.4. The van der Waals surface area contributed by atoms with Gasteiger partial charge >= 0.3 is 0 Å². The maximum absolute atomic E-state index is 13.7. The summed E-state index contributed by atoms with van der Waals surface area (Å²) in [5, 5.41) is 7.57. The van der Waals surface area contributed by atoms with Crippen molar-refractivity contribution < 1.29 is 9.59 Å². The number of benzene rings is 1. The molecule has 1 fully saturated rings. The minimum Gasteiger partial charge on any atom is -0.351 e. The fourth-order valence-corrected chi connectivity index (χ4v) is 5.69. The lowest BCUT2D eigenvalue weighted by Crippen LogP contribution is -2.46. The van der Waals surface area contributed by atoms with E-state index in [1.807, 2.05) is 47.2 Å². The standard InChI is InChI=1S/C24H25ClN2O2S2/c25-20-12-5-4-11-19(20)22(23(28)26-17-8-2-1-3-9-17)27(16-18-10-6-14-30-18)24(29)21-13-7-15-31-21/h4-7,10-15,17,22H,1-3,8-9,16H2,(H,26,28)/t22-/m0/s1. The molecule has 0 bridgehead atoms. The van der Waals surface area contributed by atoms with E-state index < -0.39 is 6.04 Å². The van der Waals surface area contributed by atoms with Crippen LogP contribution in [-0.2, 0) is 11.3 Å². The van der Waals surface area contributed by atoms with Crippen molar-refractivity contribution >= 4 is 46.1 Å². The molecule has 0 radical (unpaired) electrons. The van der Waals surface area contributed by atoms with Gasteiger partial charge in [-0.2, -0.15) is 0 Å². The Bertz CT molecular complexity index is 999. The van der Waals surface area contributed by atoms with Crippen molar-refractivity contribution in [3.63, 3.8) is 0 Å². The molecule has 0 spiro atoms. The topological polar surface area (TPSA) is 49.4 Å². The number of carbonyl (C=O) groups is 2. The van der Waals surface area contributed by atoms with E-state index in [9.17, 15) is 9.59 Å². The van der Waals surface area contributed by atoms with Crippen LogP contribution < -0.4 is 5.32 Å². The first kappa shape index (κ1) is 22.1. The third kappa shape index (κ3) is 5.37. The molecule has 1 aliphatic rings. The van der Waals surface area contributed by atoms with E-state index in [0.29, 0.717) is 22.0 Å². The summed E-state index contributed by atoms with van der Waals surface area (Å²) in [7, 11) is 0. The van der Waals surface area contributed by atoms with Crippen molar-refractivity contribution in [3.8, 4) is 0 Å². The smallest absolute Gasteiger partial charge is 0.265 e. The van der Waals surface area contributed by atoms with Crippen LogP contribution in [0.4, 0.5) is 0 Å². The average molecular weight is 473 g/mol. The van der Waals surface area contributed by atoms with E-state index in [4.69, 9.17) is 11.6 Å². The van der Waals surface area contributed by atoms with Crippen molar-refractivity contribution in [1.29, 1.82) is 0 Å². The van der Waals surface area contributed by atoms with Crippen LogP contribution in [0, 0.1) is 0 Å².